The van der Waals surface area contributed by atoms with Crippen molar-refractivity contribution in [1.29, 1.82) is 0 Å². The Morgan fingerprint density at radius 2 is 2.22 bits per heavy atom. The number of fused-ring (bicyclic) bond motifs is 1. The Hall–Kier alpha value is -1.68. The highest BCUT2D eigenvalue weighted by Crippen LogP contribution is 2.41. The summed E-state index contributed by atoms with van der Waals surface area (Å²) in [6.45, 7) is 4.38. The molecule has 1 atom stereocenters. The van der Waals surface area contributed by atoms with E-state index in [4.69, 9.17) is 0 Å². The third-order valence-electron chi connectivity index (χ3n) is 3.58. The molecule has 1 unspecified atom stereocenters. The monoisotopic (exact) mass is 243 g/mol. The quantitative estimate of drug-likeness (QED) is 0.836. The van der Waals surface area contributed by atoms with Crippen LogP contribution in [0.2, 0.25) is 0 Å². The minimum Gasteiger partial charge on any atom is -0.388 e. The molecule has 3 rings (SSSR count). The maximum Gasteiger partial charge on any atom is 0.159 e. The normalized spacial score (nSPS) is 21.6. The maximum atomic E-state index is 10.2. The molecule has 2 aromatic heterocycles. The van der Waals surface area contributed by atoms with Gasteiger partial charge in [-0.15, -0.1) is 5.10 Å². The van der Waals surface area contributed by atoms with E-state index < -0.39 is 0 Å². The Morgan fingerprint density at radius 3 is 2.94 bits per heavy atom. The van der Waals surface area contributed by atoms with E-state index in [1.54, 1.807) is 6.20 Å². The van der Waals surface area contributed by atoms with Gasteiger partial charge in [-0.05, 0) is 36.5 Å². The van der Waals surface area contributed by atoms with Crippen LogP contribution in [-0.2, 0) is 6.42 Å². The van der Waals surface area contributed by atoms with Crippen LogP contribution in [0.3, 0.4) is 0 Å². The smallest absolute Gasteiger partial charge is 0.159 e. The number of hydrogen-bond donors (Lipinski definition) is 1. The summed E-state index contributed by atoms with van der Waals surface area (Å²) in [6.07, 6.45) is 5.02. The molecule has 18 heavy (non-hydrogen) atoms. The summed E-state index contributed by atoms with van der Waals surface area (Å²) in [5.74, 6) is 0.809. The molecule has 0 saturated heterocycles. The molecular formula is C14H17N3O. The molecule has 0 aromatic carbocycles. The van der Waals surface area contributed by atoms with Crippen LogP contribution in [0, 0.1) is 5.41 Å². The molecule has 2 aromatic rings. The van der Waals surface area contributed by atoms with Crippen LogP contribution in [0.5, 0.6) is 0 Å². The minimum absolute atomic E-state index is 0.116. The number of aromatic nitrogens is 3. The van der Waals surface area contributed by atoms with E-state index in [0.717, 1.165) is 29.9 Å². The van der Waals surface area contributed by atoms with Crippen molar-refractivity contribution in [1.82, 2.24) is 14.8 Å². The van der Waals surface area contributed by atoms with Gasteiger partial charge in [-0.25, -0.2) is 0 Å². The van der Waals surface area contributed by atoms with Gasteiger partial charge in [0.05, 0.1) is 6.10 Å². The lowest BCUT2D eigenvalue weighted by Crippen LogP contribution is -2.26. The second-order valence-electron chi connectivity index (χ2n) is 5.73. The van der Waals surface area contributed by atoms with Gasteiger partial charge in [-0.3, -0.25) is 0 Å². The van der Waals surface area contributed by atoms with Crippen molar-refractivity contribution in [2.24, 2.45) is 5.41 Å². The molecule has 0 spiro atoms. The molecule has 0 fully saturated rings. The predicted molar refractivity (Wildman–Crippen MR) is 68.4 cm³/mol. The summed E-state index contributed by atoms with van der Waals surface area (Å²) >= 11 is 0. The van der Waals surface area contributed by atoms with E-state index in [0.29, 0.717) is 0 Å². The maximum absolute atomic E-state index is 10.2. The molecule has 4 heteroatoms. The predicted octanol–water partition coefficient (Wildman–Crippen LogP) is 2.27. The third kappa shape index (κ3) is 1.82. The van der Waals surface area contributed by atoms with Crippen LogP contribution in [0.15, 0.2) is 30.6 Å². The topological polar surface area (TPSA) is 50.9 Å². The standard InChI is InChI=1S/C14H17N3O/c1-14(2)8-11-10(12(18)9-14)5-7-17(11)13-4-3-6-15-16-13/h3-7,12,18H,8-9H2,1-2H3. The van der Waals surface area contributed by atoms with Crippen LogP contribution >= 0.6 is 0 Å². The molecule has 0 aliphatic heterocycles. The number of rotatable bonds is 1. The average Bonchev–Trinajstić information content (AvgIpc) is 2.72. The van der Waals surface area contributed by atoms with E-state index in [1.807, 2.05) is 29.0 Å². The van der Waals surface area contributed by atoms with Crippen molar-refractivity contribution < 1.29 is 5.11 Å². The summed E-state index contributed by atoms with van der Waals surface area (Å²) in [7, 11) is 0. The molecule has 0 saturated carbocycles. The molecule has 2 heterocycles. The Balaban J connectivity index is 2.10. The Labute approximate surface area is 106 Å². The van der Waals surface area contributed by atoms with Crippen molar-refractivity contribution in [2.45, 2.75) is 32.8 Å². The zero-order valence-electron chi connectivity index (χ0n) is 10.7. The molecule has 0 amide bonds. The van der Waals surface area contributed by atoms with Gasteiger partial charge in [0.25, 0.3) is 0 Å². The van der Waals surface area contributed by atoms with Crippen LogP contribution in [0.25, 0.3) is 5.82 Å². The molecule has 1 aliphatic carbocycles. The third-order valence-corrected chi connectivity index (χ3v) is 3.58. The SMILES string of the molecule is CC1(C)Cc2c(ccn2-c2cccnn2)C(O)C1. The van der Waals surface area contributed by atoms with Gasteiger partial charge in [0.2, 0.25) is 0 Å². The fourth-order valence-electron chi connectivity index (χ4n) is 2.77. The summed E-state index contributed by atoms with van der Waals surface area (Å²) in [5.41, 5.74) is 2.30. The molecule has 4 nitrogen and oxygen atoms in total. The first kappa shape index (κ1) is 11.4. The van der Waals surface area contributed by atoms with Gasteiger partial charge in [-0.1, -0.05) is 13.8 Å². The highest BCUT2D eigenvalue weighted by Gasteiger charge is 2.33. The second-order valence-corrected chi connectivity index (χ2v) is 5.73. The van der Waals surface area contributed by atoms with Crippen molar-refractivity contribution in [3.8, 4) is 5.82 Å². The Bertz CT molecular complexity index is 560. The highest BCUT2D eigenvalue weighted by molar-refractivity contribution is 5.36. The Kier molecular flexibility index (Phi) is 2.48. The molecular weight excluding hydrogens is 226 g/mol. The van der Waals surface area contributed by atoms with E-state index in [1.165, 1.54) is 0 Å². The van der Waals surface area contributed by atoms with Crippen molar-refractivity contribution in [3.05, 3.63) is 41.9 Å². The number of nitrogens with zero attached hydrogens (tertiary/aromatic N) is 3. The molecule has 0 radical (unpaired) electrons. The fourth-order valence-corrected chi connectivity index (χ4v) is 2.77. The Morgan fingerprint density at radius 1 is 1.39 bits per heavy atom. The van der Waals surface area contributed by atoms with Crippen LogP contribution in [0.1, 0.15) is 37.6 Å². The zero-order valence-corrected chi connectivity index (χ0v) is 10.7. The highest BCUT2D eigenvalue weighted by atomic mass is 16.3. The molecule has 1 aliphatic rings. The van der Waals surface area contributed by atoms with Gasteiger partial charge in [0, 0.05) is 23.7 Å². The average molecular weight is 243 g/mol. The first-order valence-electron chi connectivity index (χ1n) is 6.23. The van der Waals surface area contributed by atoms with Crippen LogP contribution in [-0.4, -0.2) is 19.9 Å². The van der Waals surface area contributed by atoms with Gasteiger partial charge >= 0.3 is 0 Å². The summed E-state index contributed by atoms with van der Waals surface area (Å²) < 4.78 is 2.03. The summed E-state index contributed by atoms with van der Waals surface area (Å²) in [5, 5.41) is 18.3. The second kappa shape index (κ2) is 3.92. The lowest BCUT2D eigenvalue weighted by atomic mass is 9.75. The van der Waals surface area contributed by atoms with Crippen LogP contribution < -0.4 is 0 Å². The van der Waals surface area contributed by atoms with E-state index in [9.17, 15) is 5.11 Å². The van der Waals surface area contributed by atoms with Gasteiger partial charge < -0.3 is 9.67 Å². The van der Waals surface area contributed by atoms with Crippen molar-refractivity contribution in [3.63, 3.8) is 0 Å². The molecule has 1 N–H and O–H groups in total. The lowest BCUT2D eigenvalue weighted by Gasteiger charge is -2.33. The first-order valence-corrected chi connectivity index (χ1v) is 6.23. The van der Waals surface area contributed by atoms with Crippen LogP contribution in [0.4, 0.5) is 0 Å². The van der Waals surface area contributed by atoms with E-state index in [2.05, 4.69) is 24.0 Å². The molecule has 0 bridgehead atoms. The summed E-state index contributed by atoms with van der Waals surface area (Å²) in [4.78, 5) is 0. The largest absolute Gasteiger partial charge is 0.388 e. The lowest BCUT2D eigenvalue weighted by molar-refractivity contribution is 0.0986. The zero-order chi connectivity index (χ0) is 12.8. The number of aliphatic hydroxyl groups is 1. The van der Waals surface area contributed by atoms with E-state index >= 15 is 0 Å². The number of hydrogen-bond acceptors (Lipinski definition) is 3. The van der Waals surface area contributed by atoms with Gasteiger partial charge in [0.15, 0.2) is 5.82 Å². The first-order chi connectivity index (χ1) is 8.57. The fraction of sp³-hybridized carbons (Fsp3) is 0.429. The van der Waals surface area contributed by atoms with Gasteiger partial charge in [-0.2, -0.15) is 5.10 Å². The molecule has 94 valence electrons. The van der Waals surface area contributed by atoms with Crippen molar-refractivity contribution in [2.75, 3.05) is 0 Å². The van der Waals surface area contributed by atoms with Gasteiger partial charge in [0.1, 0.15) is 0 Å². The summed E-state index contributed by atoms with van der Waals surface area (Å²) in [6, 6.07) is 5.80. The minimum atomic E-state index is -0.373. The van der Waals surface area contributed by atoms with E-state index in [-0.39, 0.29) is 11.5 Å². The van der Waals surface area contributed by atoms with Crippen molar-refractivity contribution >= 4 is 0 Å². The number of aliphatic hydroxyl groups excluding tert-OH is 1.